The van der Waals surface area contributed by atoms with Crippen LogP contribution >= 0.6 is 0 Å². The van der Waals surface area contributed by atoms with Gasteiger partial charge in [0.2, 0.25) is 5.91 Å². The molecule has 1 fully saturated rings. The van der Waals surface area contributed by atoms with Crippen molar-refractivity contribution in [1.82, 2.24) is 4.90 Å². The van der Waals surface area contributed by atoms with Gasteiger partial charge in [0.05, 0.1) is 0 Å². The Morgan fingerprint density at radius 2 is 1.72 bits per heavy atom. The van der Waals surface area contributed by atoms with Crippen LogP contribution in [-0.2, 0) is 17.9 Å². The van der Waals surface area contributed by atoms with Crippen LogP contribution in [0.4, 0.5) is 0 Å². The highest BCUT2D eigenvalue weighted by molar-refractivity contribution is 5.76. The maximum absolute atomic E-state index is 11.1. The Hall–Kier alpha value is -1.39. The van der Waals surface area contributed by atoms with Crippen LogP contribution in [0.25, 0.3) is 0 Å². The van der Waals surface area contributed by atoms with Gasteiger partial charge in [-0.2, -0.15) is 0 Å². The molecule has 4 N–H and O–H groups in total. The number of carbonyl (C=O) groups is 1. The minimum Gasteiger partial charge on any atom is -0.369 e. The molecule has 0 aliphatic carbocycles. The van der Waals surface area contributed by atoms with E-state index >= 15 is 0 Å². The number of likely N-dealkylation sites (tertiary alicyclic amines) is 1. The summed E-state index contributed by atoms with van der Waals surface area (Å²) in [4.78, 5) is 13.5. The smallest absolute Gasteiger partial charge is 0.220 e. The van der Waals surface area contributed by atoms with Gasteiger partial charge in [-0.25, -0.2) is 0 Å². The summed E-state index contributed by atoms with van der Waals surface area (Å²) in [6, 6.07) is 8.40. The van der Waals surface area contributed by atoms with Crippen LogP contribution in [0.15, 0.2) is 24.3 Å². The van der Waals surface area contributed by atoms with E-state index in [2.05, 4.69) is 29.2 Å². The molecule has 0 atom stereocenters. The van der Waals surface area contributed by atoms with Gasteiger partial charge < -0.3 is 11.5 Å². The molecule has 98 valence electrons. The molecule has 1 aromatic carbocycles. The predicted molar refractivity (Wildman–Crippen MR) is 71.5 cm³/mol. The summed E-state index contributed by atoms with van der Waals surface area (Å²) < 4.78 is 0. The van der Waals surface area contributed by atoms with Crippen LogP contribution in [0.1, 0.15) is 24.0 Å². The summed E-state index contributed by atoms with van der Waals surface area (Å²) in [6.07, 6.45) is 1.77. The lowest BCUT2D eigenvalue weighted by Gasteiger charge is -2.30. The average molecular weight is 247 g/mol. The summed E-state index contributed by atoms with van der Waals surface area (Å²) in [6.45, 7) is 3.43. The molecule has 4 heteroatoms. The van der Waals surface area contributed by atoms with Gasteiger partial charge in [-0.15, -0.1) is 0 Å². The summed E-state index contributed by atoms with van der Waals surface area (Å²) in [5, 5.41) is 0. The van der Waals surface area contributed by atoms with Gasteiger partial charge in [0.1, 0.15) is 0 Å². The molecule has 0 aromatic heterocycles. The molecule has 1 aliphatic rings. The third-order valence-electron chi connectivity index (χ3n) is 3.65. The Balaban J connectivity index is 1.85. The van der Waals surface area contributed by atoms with Crippen LogP contribution in [0, 0.1) is 5.92 Å². The number of primary amides is 1. The maximum Gasteiger partial charge on any atom is 0.220 e. The van der Waals surface area contributed by atoms with Gasteiger partial charge in [0.15, 0.2) is 0 Å². The molecule has 1 aromatic rings. The summed E-state index contributed by atoms with van der Waals surface area (Å²) >= 11 is 0. The molecular weight excluding hydrogens is 226 g/mol. The quantitative estimate of drug-likeness (QED) is 0.828. The molecule has 18 heavy (non-hydrogen) atoms. The summed E-state index contributed by atoms with van der Waals surface area (Å²) in [7, 11) is 0. The van der Waals surface area contributed by atoms with Gasteiger partial charge >= 0.3 is 0 Å². The van der Waals surface area contributed by atoms with Gasteiger partial charge in [-0.05, 0) is 37.1 Å². The van der Waals surface area contributed by atoms with Crippen molar-refractivity contribution >= 4 is 5.91 Å². The van der Waals surface area contributed by atoms with Crippen molar-refractivity contribution in [1.29, 1.82) is 0 Å². The van der Waals surface area contributed by atoms with E-state index in [0.29, 0.717) is 6.54 Å². The first-order valence-electron chi connectivity index (χ1n) is 6.48. The van der Waals surface area contributed by atoms with Crippen LogP contribution in [0.5, 0.6) is 0 Å². The topological polar surface area (TPSA) is 72.3 Å². The second-order valence-corrected chi connectivity index (χ2v) is 4.97. The summed E-state index contributed by atoms with van der Waals surface area (Å²) in [5.74, 6) is -0.0807. The Morgan fingerprint density at radius 1 is 1.17 bits per heavy atom. The molecule has 0 bridgehead atoms. The fraction of sp³-hybridized carbons (Fsp3) is 0.500. The molecule has 1 saturated heterocycles. The number of nitrogens with two attached hydrogens (primary N) is 2. The minimum absolute atomic E-state index is 0.0702. The van der Waals surface area contributed by atoms with Crippen molar-refractivity contribution in [3.05, 3.63) is 35.4 Å². The number of hydrogen-bond acceptors (Lipinski definition) is 3. The standard InChI is InChI=1S/C14H21N3O/c15-9-11-1-3-12(4-2-11)10-17-7-5-13(6-8-17)14(16)18/h1-4,13H,5-10,15H2,(H2,16,18). The van der Waals surface area contributed by atoms with E-state index in [1.807, 2.05) is 0 Å². The summed E-state index contributed by atoms with van der Waals surface area (Å²) in [5.41, 5.74) is 13.4. The second-order valence-electron chi connectivity index (χ2n) is 4.97. The zero-order valence-corrected chi connectivity index (χ0v) is 10.6. The number of carbonyl (C=O) groups excluding carboxylic acids is 1. The zero-order chi connectivity index (χ0) is 13.0. The molecule has 0 saturated carbocycles. The molecule has 1 aliphatic heterocycles. The highest BCUT2D eigenvalue weighted by atomic mass is 16.1. The third kappa shape index (κ3) is 3.31. The normalized spacial score (nSPS) is 17.8. The van der Waals surface area contributed by atoms with Crippen LogP contribution in [0.2, 0.25) is 0 Å². The Bertz CT molecular complexity index is 394. The number of hydrogen-bond donors (Lipinski definition) is 2. The van der Waals surface area contributed by atoms with E-state index in [1.54, 1.807) is 0 Å². The van der Waals surface area contributed by atoms with Crippen LogP contribution in [0.3, 0.4) is 0 Å². The van der Waals surface area contributed by atoms with Crippen LogP contribution < -0.4 is 11.5 Å². The molecule has 4 nitrogen and oxygen atoms in total. The van der Waals surface area contributed by atoms with Crippen LogP contribution in [-0.4, -0.2) is 23.9 Å². The van der Waals surface area contributed by atoms with E-state index < -0.39 is 0 Å². The fourth-order valence-electron chi connectivity index (χ4n) is 2.41. The first-order valence-corrected chi connectivity index (χ1v) is 6.48. The number of benzene rings is 1. The molecule has 0 radical (unpaired) electrons. The SMILES string of the molecule is NCc1ccc(CN2CCC(C(N)=O)CC2)cc1. The number of piperidine rings is 1. The first-order chi connectivity index (χ1) is 8.69. The van der Waals surface area contributed by atoms with E-state index in [-0.39, 0.29) is 11.8 Å². The highest BCUT2D eigenvalue weighted by Crippen LogP contribution is 2.18. The van der Waals surface area contributed by atoms with Crippen molar-refractivity contribution in [2.45, 2.75) is 25.9 Å². The second kappa shape index (κ2) is 5.98. The van der Waals surface area contributed by atoms with Crippen molar-refractivity contribution in [2.75, 3.05) is 13.1 Å². The molecule has 0 spiro atoms. The lowest BCUT2D eigenvalue weighted by atomic mass is 9.96. The predicted octanol–water partition coefficient (Wildman–Crippen LogP) is 0.843. The zero-order valence-electron chi connectivity index (χ0n) is 10.6. The average Bonchev–Trinajstić information content (AvgIpc) is 2.40. The lowest BCUT2D eigenvalue weighted by Crippen LogP contribution is -2.38. The first kappa shape index (κ1) is 13.1. The number of amides is 1. The highest BCUT2D eigenvalue weighted by Gasteiger charge is 2.22. The van der Waals surface area contributed by atoms with E-state index in [0.717, 1.165) is 38.0 Å². The van der Waals surface area contributed by atoms with E-state index in [1.165, 1.54) is 5.56 Å². The van der Waals surface area contributed by atoms with Crippen molar-refractivity contribution in [2.24, 2.45) is 17.4 Å². The van der Waals surface area contributed by atoms with Gasteiger partial charge in [0.25, 0.3) is 0 Å². The Kier molecular flexibility index (Phi) is 4.33. The van der Waals surface area contributed by atoms with Gasteiger partial charge in [-0.1, -0.05) is 24.3 Å². The molecular formula is C14H21N3O. The van der Waals surface area contributed by atoms with Crippen molar-refractivity contribution < 1.29 is 4.79 Å². The Morgan fingerprint density at radius 3 is 2.22 bits per heavy atom. The maximum atomic E-state index is 11.1. The monoisotopic (exact) mass is 247 g/mol. The van der Waals surface area contributed by atoms with E-state index in [9.17, 15) is 4.79 Å². The Labute approximate surface area is 108 Å². The largest absolute Gasteiger partial charge is 0.369 e. The molecule has 2 rings (SSSR count). The van der Waals surface area contributed by atoms with Gasteiger partial charge in [-0.3, -0.25) is 9.69 Å². The number of rotatable bonds is 4. The number of nitrogens with zero attached hydrogens (tertiary/aromatic N) is 1. The van der Waals surface area contributed by atoms with Gasteiger partial charge in [0, 0.05) is 19.0 Å². The minimum atomic E-state index is -0.151. The molecule has 1 heterocycles. The van der Waals surface area contributed by atoms with Crippen molar-refractivity contribution in [3.63, 3.8) is 0 Å². The third-order valence-corrected chi connectivity index (χ3v) is 3.65. The fourth-order valence-corrected chi connectivity index (χ4v) is 2.41. The molecule has 1 amide bonds. The molecule has 0 unspecified atom stereocenters. The lowest BCUT2D eigenvalue weighted by molar-refractivity contribution is -0.123. The van der Waals surface area contributed by atoms with E-state index in [4.69, 9.17) is 11.5 Å². The van der Waals surface area contributed by atoms with Crippen molar-refractivity contribution in [3.8, 4) is 0 Å².